The first kappa shape index (κ1) is 13.5. The molecule has 0 aliphatic carbocycles. The van der Waals surface area contributed by atoms with Gasteiger partial charge in [0.2, 0.25) is 0 Å². The topological polar surface area (TPSA) is 72.9 Å². The summed E-state index contributed by atoms with van der Waals surface area (Å²) in [5.41, 5.74) is 0.0962. The SMILES string of the molecule is C[C@@H]1CN(c2ncc(C=C(C#N)C#N)s2)C[C@@H](C)O1. The Morgan fingerprint density at radius 1 is 1.42 bits per heavy atom. The minimum absolute atomic E-state index is 0.0962. The molecule has 1 aliphatic heterocycles. The van der Waals surface area contributed by atoms with Crippen molar-refractivity contribution < 1.29 is 4.74 Å². The number of aromatic nitrogens is 1. The summed E-state index contributed by atoms with van der Waals surface area (Å²) in [6.45, 7) is 5.70. The molecule has 1 aliphatic rings. The molecule has 0 unspecified atom stereocenters. The normalized spacial score (nSPS) is 22.4. The van der Waals surface area contributed by atoms with Crippen molar-refractivity contribution in [3.05, 3.63) is 16.6 Å². The molecule has 2 heterocycles. The number of hydrogen-bond acceptors (Lipinski definition) is 6. The number of ether oxygens (including phenoxy) is 1. The van der Waals surface area contributed by atoms with E-state index in [-0.39, 0.29) is 17.8 Å². The van der Waals surface area contributed by atoms with E-state index in [1.807, 2.05) is 26.0 Å². The Morgan fingerprint density at radius 2 is 2.05 bits per heavy atom. The molecule has 0 N–H and O–H groups in total. The highest BCUT2D eigenvalue weighted by atomic mass is 32.1. The molecule has 0 spiro atoms. The molecule has 1 fully saturated rings. The first-order valence-electron chi connectivity index (χ1n) is 6.00. The number of allylic oxidation sites excluding steroid dienone is 1. The molecule has 2 atom stereocenters. The predicted molar refractivity (Wildman–Crippen MR) is 73.5 cm³/mol. The van der Waals surface area contributed by atoms with Crippen LogP contribution in [0, 0.1) is 22.7 Å². The lowest BCUT2D eigenvalue weighted by Crippen LogP contribution is -2.45. The van der Waals surface area contributed by atoms with Crippen molar-refractivity contribution in [2.45, 2.75) is 26.1 Å². The highest BCUT2D eigenvalue weighted by molar-refractivity contribution is 7.16. The number of rotatable bonds is 2. The van der Waals surface area contributed by atoms with E-state index >= 15 is 0 Å². The molecule has 0 saturated carbocycles. The molecule has 1 aromatic rings. The van der Waals surface area contributed by atoms with E-state index in [1.54, 1.807) is 12.3 Å². The Morgan fingerprint density at radius 3 is 2.63 bits per heavy atom. The minimum Gasteiger partial charge on any atom is -0.372 e. The quantitative estimate of drug-likeness (QED) is 0.773. The van der Waals surface area contributed by atoms with Crippen LogP contribution in [0.15, 0.2) is 11.8 Å². The molecule has 6 heteroatoms. The van der Waals surface area contributed by atoms with E-state index in [1.165, 1.54) is 11.3 Å². The maximum atomic E-state index is 8.73. The molecule has 0 amide bonds. The average molecular weight is 274 g/mol. The molecule has 0 radical (unpaired) electrons. The van der Waals surface area contributed by atoms with Crippen molar-refractivity contribution in [1.82, 2.24) is 4.98 Å². The van der Waals surface area contributed by atoms with Gasteiger partial charge in [0.25, 0.3) is 0 Å². The Hall–Kier alpha value is -1.89. The largest absolute Gasteiger partial charge is 0.372 e. The van der Waals surface area contributed by atoms with Crippen LogP contribution in [0.25, 0.3) is 6.08 Å². The molecule has 19 heavy (non-hydrogen) atoms. The molecule has 0 bridgehead atoms. The number of nitrogens with zero attached hydrogens (tertiary/aromatic N) is 4. The van der Waals surface area contributed by atoms with Gasteiger partial charge >= 0.3 is 0 Å². The summed E-state index contributed by atoms with van der Waals surface area (Å²) in [4.78, 5) is 7.36. The molecule has 98 valence electrons. The summed E-state index contributed by atoms with van der Waals surface area (Å²) >= 11 is 1.48. The van der Waals surface area contributed by atoms with Crippen molar-refractivity contribution in [3.63, 3.8) is 0 Å². The zero-order valence-corrected chi connectivity index (χ0v) is 11.6. The Balaban J connectivity index is 2.16. The van der Waals surface area contributed by atoms with Crippen molar-refractivity contribution in [2.24, 2.45) is 0 Å². The molecule has 1 saturated heterocycles. The number of nitriles is 2. The molecule has 0 aromatic carbocycles. The smallest absolute Gasteiger partial charge is 0.186 e. The summed E-state index contributed by atoms with van der Waals surface area (Å²) in [6.07, 6.45) is 3.62. The fourth-order valence-corrected chi connectivity index (χ4v) is 2.93. The average Bonchev–Trinajstić information content (AvgIpc) is 2.83. The van der Waals surface area contributed by atoms with Gasteiger partial charge in [0.15, 0.2) is 5.13 Å². The summed E-state index contributed by atoms with van der Waals surface area (Å²) in [6, 6.07) is 3.70. The predicted octanol–water partition coefficient (Wildman–Crippen LogP) is 2.19. The van der Waals surface area contributed by atoms with Gasteiger partial charge in [-0.05, 0) is 19.9 Å². The van der Waals surface area contributed by atoms with Gasteiger partial charge in [0, 0.05) is 19.3 Å². The Labute approximate surface area is 116 Å². The van der Waals surface area contributed by atoms with Crippen molar-refractivity contribution in [1.29, 1.82) is 10.5 Å². The van der Waals surface area contributed by atoms with Crippen LogP contribution in [0.2, 0.25) is 0 Å². The van der Waals surface area contributed by atoms with Crippen LogP contribution in [0.4, 0.5) is 5.13 Å². The van der Waals surface area contributed by atoms with Crippen molar-refractivity contribution >= 4 is 22.5 Å². The Kier molecular flexibility index (Phi) is 4.16. The van der Waals surface area contributed by atoms with Gasteiger partial charge < -0.3 is 9.64 Å². The fourth-order valence-electron chi connectivity index (χ4n) is 2.06. The van der Waals surface area contributed by atoms with Gasteiger partial charge in [-0.2, -0.15) is 10.5 Å². The summed E-state index contributed by atoms with van der Waals surface area (Å²) < 4.78 is 5.68. The minimum atomic E-state index is 0.0962. The van der Waals surface area contributed by atoms with E-state index in [9.17, 15) is 0 Å². The third-order valence-electron chi connectivity index (χ3n) is 2.73. The van der Waals surface area contributed by atoms with Crippen molar-refractivity contribution in [3.8, 4) is 12.1 Å². The van der Waals surface area contributed by atoms with Gasteiger partial charge in [-0.3, -0.25) is 0 Å². The molecule has 1 aromatic heterocycles. The van der Waals surface area contributed by atoms with E-state index in [4.69, 9.17) is 15.3 Å². The standard InChI is InChI=1S/C13H14N4OS/c1-9-7-17(8-10(2)18-9)13-16-6-12(19-13)3-11(4-14)5-15/h3,6,9-10H,7-8H2,1-2H3/t9-,10-/m1/s1. The first-order valence-corrected chi connectivity index (χ1v) is 6.82. The van der Waals surface area contributed by atoms with Gasteiger partial charge in [-0.1, -0.05) is 11.3 Å². The zero-order valence-electron chi connectivity index (χ0n) is 10.8. The van der Waals surface area contributed by atoms with Crippen LogP contribution >= 0.6 is 11.3 Å². The number of anilines is 1. The van der Waals surface area contributed by atoms with Gasteiger partial charge in [0.1, 0.15) is 17.7 Å². The highest BCUT2D eigenvalue weighted by Gasteiger charge is 2.24. The summed E-state index contributed by atoms with van der Waals surface area (Å²) in [7, 11) is 0. The lowest BCUT2D eigenvalue weighted by Gasteiger charge is -2.35. The lowest BCUT2D eigenvalue weighted by atomic mass is 10.2. The molecular formula is C13H14N4OS. The highest BCUT2D eigenvalue weighted by Crippen LogP contribution is 2.27. The van der Waals surface area contributed by atoms with E-state index in [2.05, 4.69) is 9.88 Å². The Bertz CT molecular complexity index is 540. The van der Waals surface area contributed by atoms with E-state index in [0.29, 0.717) is 0 Å². The van der Waals surface area contributed by atoms with Crippen molar-refractivity contribution in [2.75, 3.05) is 18.0 Å². The van der Waals surface area contributed by atoms with E-state index < -0.39 is 0 Å². The fraction of sp³-hybridized carbons (Fsp3) is 0.462. The van der Waals surface area contributed by atoms with Crippen LogP contribution in [0.3, 0.4) is 0 Å². The molecule has 5 nitrogen and oxygen atoms in total. The number of morpholine rings is 1. The molecule has 2 rings (SSSR count). The van der Waals surface area contributed by atoms with Crippen LogP contribution in [0.1, 0.15) is 18.7 Å². The molecular weight excluding hydrogens is 260 g/mol. The van der Waals surface area contributed by atoms with Crippen LogP contribution < -0.4 is 4.90 Å². The summed E-state index contributed by atoms with van der Waals surface area (Å²) in [5.74, 6) is 0. The maximum absolute atomic E-state index is 8.73. The first-order chi connectivity index (χ1) is 9.12. The number of thiazole rings is 1. The lowest BCUT2D eigenvalue weighted by molar-refractivity contribution is -0.00522. The van der Waals surface area contributed by atoms with Gasteiger partial charge in [-0.15, -0.1) is 0 Å². The number of hydrogen-bond donors (Lipinski definition) is 0. The third kappa shape index (κ3) is 3.31. The van der Waals surface area contributed by atoms with Crippen LogP contribution in [-0.4, -0.2) is 30.3 Å². The van der Waals surface area contributed by atoms with Gasteiger partial charge in [-0.25, -0.2) is 4.98 Å². The third-order valence-corrected chi connectivity index (χ3v) is 3.73. The second-order valence-electron chi connectivity index (χ2n) is 4.49. The summed E-state index contributed by atoms with van der Waals surface area (Å²) in [5, 5.41) is 18.4. The zero-order chi connectivity index (χ0) is 13.8. The maximum Gasteiger partial charge on any atom is 0.186 e. The van der Waals surface area contributed by atoms with Crippen LogP contribution in [-0.2, 0) is 4.74 Å². The second kappa shape index (κ2) is 5.83. The monoisotopic (exact) mass is 274 g/mol. The van der Waals surface area contributed by atoms with E-state index in [0.717, 1.165) is 23.1 Å². The second-order valence-corrected chi connectivity index (χ2v) is 5.53. The van der Waals surface area contributed by atoms with Crippen LogP contribution in [0.5, 0.6) is 0 Å². The van der Waals surface area contributed by atoms with Gasteiger partial charge in [0.05, 0.1) is 17.1 Å².